The van der Waals surface area contributed by atoms with Gasteiger partial charge in [0, 0.05) is 32.7 Å². The molecule has 0 aromatic heterocycles. The fraction of sp³-hybridized carbons (Fsp3) is 0.867. The van der Waals surface area contributed by atoms with Gasteiger partial charge in [0.25, 0.3) is 0 Å². The molecular weight excluding hydrogens is 562 g/mol. The Balaban J connectivity index is 5.67. The fourth-order valence-electron chi connectivity index (χ4n) is 3.72. The maximum atomic E-state index is 12.6. The lowest BCUT2D eigenvalue weighted by molar-refractivity contribution is -0.244. The van der Waals surface area contributed by atoms with Gasteiger partial charge in [0.2, 0.25) is 0 Å². The Labute approximate surface area is 258 Å². The highest BCUT2D eigenvalue weighted by Crippen LogP contribution is 2.12. The van der Waals surface area contributed by atoms with Crippen LogP contribution in [0, 0.1) is 0 Å². The number of carbonyl (C=O) groups excluding carboxylic acids is 4. The molecule has 1 N–H and O–H groups in total. The molecule has 0 bridgehead atoms. The monoisotopic (exact) mass is 619 g/mol. The molecule has 0 heterocycles. The first kappa shape index (κ1) is 40.7. The minimum Gasteiger partial charge on any atom is -0.459 e. The van der Waals surface area contributed by atoms with Crippen LogP contribution in [0.4, 0.5) is 0 Å². The van der Waals surface area contributed by atoms with Crippen molar-refractivity contribution in [3.63, 3.8) is 0 Å². The number of hydrogen-bond acceptors (Lipinski definition) is 13. The molecule has 0 rings (SSSR count). The van der Waals surface area contributed by atoms with E-state index in [0.29, 0.717) is 19.6 Å². The highest BCUT2D eigenvalue weighted by molar-refractivity contribution is 5.76. The van der Waals surface area contributed by atoms with Crippen molar-refractivity contribution in [1.82, 2.24) is 14.7 Å². The standard InChI is InChI=1S/C30H57N3O10/c1-27(2,3)40-23(34)19-32(20-24(35)41-28(4,5)6)15-13-31(17-18-39-38)14-16-33(21-25(36)42-29(7,8)9)22-26(37)43-30(10,11)12/h38H,13-22H2,1-12H3. The number of nitrogens with zero attached hydrogens (tertiary/aromatic N) is 3. The molecule has 0 aliphatic carbocycles. The maximum absolute atomic E-state index is 12.6. The third-order valence-electron chi connectivity index (χ3n) is 5.05. The van der Waals surface area contributed by atoms with Crippen molar-refractivity contribution < 1.29 is 48.3 Å². The average molecular weight is 620 g/mol. The van der Waals surface area contributed by atoms with Gasteiger partial charge in [-0.15, -0.1) is 0 Å². The molecule has 0 aromatic carbocycles. The van der Waals surface area contributed by atoms with Crippen molar-refractivity contribution in [3.8, 4) is 0 Å². The molecule has 0 aliphatic rings. The molecule has 0 saturated heterocycles. The zero-order valence-electron chi connectivity index (χ0n) is 28.5. The van der Waals surface area contributed by atoms with Crippen molar-refractivity contribution in [2.45, 2.75) is 105 Å². The van der Waals surface area contributed by atoms with Gasteiger partial charge in [-0.1, -0.05) is 0 Å². The van der Waals surface area contributed by atoms with E-state index >= 15 is 0 Å². The van der Waals surface area contributed by atoms with Crippen LogP contribution in [0.25, 0.3) is 0 Å². The van der Waals surface area contributed by atoms with Crippen LogP contribution in [-0.2, 0) is 43.0 Å². The summed E-state index contributed by atoms with van der Waals surface area (Å²) in [4.78, 5) is 59.9. The lowest BCUT2D eigenvalue weighted by Gasteiger charge is -2.30. The Bertz CT molecular complexity index is 755. The molecule has 0 atom stereocenters. The molecule has 13 nitrogen and oxygen atoms in total. The first-order valence-electron chi connectivity index (χ1n) is 14.7. The van der Waals surface area contributed by atoms with Crippen LogP contribution in [-0.4, -0.2) is 132 Å². The predicted molar refractivity (Wildman–Crippen MR) is 161 cm³/mol. The van der Waals surface area contributed by atoms with Crippen LogP contribution >= 0.6 is 0 Å². The van der Waals surface area contributed by atoms with Gasteiger partial charge in [-0.2, -0.15) is 0 Å². The number of ether oxygens (including phenoxy) is 4. The normalized spacial score (nSPS) is 12.9. The largest absolute Gasteiger partial charge is 0.459 e. The minimum absolute atomic E-state index is 0.00371. The number of rotatable bonds is 17. The van der Waals surface area contributed by atoms with Gasteiger partial charge in [0.1, 0.15) is 22.4 Å². The molecule has 0 amide bonds. The van der Waals surface area contributed by atoms with Gasteiger partial charge in [0.15, 0.2) is 0 Å². The first-order valence-corrected chi connectivity index (χ1v) is 14.7. The van der Waals surface area contributed by atoms with E-state index in [2.05, 4.69) is 4.89 Å². The van der Waals surface area contributed by atoms with E-state index in [0.717, 1.165) is 0 Å². The Morgan fingerprint density at radius 2 is 0.674 bits per heavy atom. The second-order valence-electron chi connectivity index (χ2n) is 14.4. The summed E-state index contributed by atoms with van der Waals surface area (Å²) < 4.78 is 21.8. The smallest absolute Gasteiger partial charge is 0.320 e. The summed E-state index contributed by atoms with van der Waals surface area (Å²) in [5.41, 5.74) is -2.76. The van der Waals surface area contributed by atoms with E-state index in [4.69, 9.17) is 24.2 Å². The van der Waals surface area contributed by atoms with E-state index in [1.54, 1.807) is 92.9 Å². The van der Waals surface area contributed by atoms with Crippen LogP contribution in [0.1, 0.15) is 83.1 Å². The zero-order valence-corrected chi connectivity index (χ0v) is 28.5. The number of carbonyl (C=O) groups is 4. The topological polar surface area (TPSA) is 144 Å². The summed E-state index contributed by atoms with van der Waals surface area (Å²) in [5.74, 6) is -1.94. The van der Waals surface area contributed by atoms with Gasteiger partial charge < -0.3 is 18.9 Å². The molecule has 0 radical (unpaired) electrons. The lowest BCUT2D eigenvalue weighted by Crippen LogP contribution is -2.46. The van der Waals surface area contributed by atoms with Gasteiger partial charge in [-0.25, -0.2) is 4.89 Å². The fourth-order valence-corrected chi connectivity index (χ4v) is 3.72. The van der Waals surface area contributed by atoms with Crippen LogP contribution < -0.4 is 0 Å². The zero-order chi connectivity index (χ0) is 33.6. The Kier molecular flexibility index (Phi) is 16.9. The van der Waals surface area contributed by atoms with E-state index in [1.807, 2.05) is 4.90 Å². The van der Waals surface area contributed by atoms with Gasteiger partial charge in [-0.05, 0) is 83.1 Å². The molecule has 0 unspecified atom stereocenters. The average Bonchev–Trinajstić information content (AvgIpc) is 2.72. The summed E-state index contributed by atoms with van der Waals surface area (Å²) in [6.07, 6.45) is 0. The minimum atomic E-state index is -0.690. The van der Waals surface area contributed by atoms with E-state index in [-0.39, 0.29) is 45.9 Å². The lowest BCUT2D eigenvalue weighted by atomic mass is 10.2. The van der Waals surface area contributed by atoms with Crippen LogP contribution in [0.5, 0.6) is 0 Å². The second kappa shape index (κ2) is 17.8. The molecule has 252 valence electrons. The highest BCUT2D eigenvalue weighted by atomic mass is 17.1. The summed E-state index contributed by atoms with van der Waals surface area (Å²) >= 11 is 0. The van der Waals surface area contributed by atoms with Crippen LogP contribution in [0.15, 0.2) is 0 Å². The molecule has 0 aliphatic heterocycles. The van der Waals surface area contributed by atoms with Crippen molar-refractivity contribution in [3.05, 3.63) is 0 Å². The molecule has 0 fully saturated rings. The van der Waals surface area contributed by atoms with Crippen LogP contribution in [0.3, 0.4) is 0 Å². The molecule has 13 heteroatoms. The van der Waals surface area contributed by atoms with Crippen molar-refractivity contribution in [2.24, 2.45) is 0 Å². The molecule has 0 spiro atoms. The van der Waals surface area contributed by atoms with Gasteiger partial charge in [-0.3, -0.25) is 39.1 Å². The van der Waals surface area contributed by atoms with Crippen molar-refractivity contribution in [1.29, 1.82) is 0 Å². The summed E-state index contributed by atoms with van der Waals surface area (Å²) in [6, 6.07) is 0. The molecular formula is C30H57N3O10. The van der Waals surface area contributed by atoms with Crippen LogP contribution in [0.2, 0.25) is 0 Å². The summed E-state index contributed by atoms with van der Waals surface area (Å²) in [7, 11) is 0. The quantitative estimate of drug-likeness (QED) is 0.110. The molecule has 0 saturated carbocycles. The first-order chi connectivity index (χ1) is 19.4. The number of esters is 4. The van der Waals surface area contributed by atoms with Crippen molar-refractivity contribution >= 4 is 23.9 Å². The predicted octanol–water partition coefficient (Wildman–Crippen LogP) is 2.75. The Hall–Kier alpha value is -2.32. The van der Waals surface area contributed by atoms with E-state index < -0.39 is 46.3 Å². The van der Waals surface area contributed by atoms with Gasteiger partial charge in [0.05, 0.1) is 32.8 Å². The third kappa shape index (κ3) is 24.8. The SMILES string of the molecule is CC(C)(C)OC(=O)CN(CCN(CCOO)CCN(CC(=O)OC(C)(C)C)CC(=O)OC(C)(C)C)CC(=O)OC(C)(C)C. The van der Waals surface area contributed by atoms with Crippen molar-refractivity contribution in [2.75, 3.05) is 65.5 Å². The highest BCUT2D eigenvalue weighted by Gasteiger charge is 2.26. The summed E-state index contributed by atoms with van der Waals surface area (Å²) in [5, 5.41) is 8.99. The van der Waals surface area contributed by atoms with E-state index in [1.165, 1.54) is 0 Å². The van der Waals surface area contributed by atoms with Gasteiger partial charge >= 0.3 is 23.9 Å². The van der Waals surface area contributed by atoms with E-state index in [9.17, 15) is 19.2 Å². The number of hydrogen-bond donors (Lipinski definition) is 1. The second-order valence-corrected chi connectivity index (χ2v) is 14.4. The molecule has 0 aromatic rings. The maximum Gasteiger partial charge on any atom is 0.320 e. The molecule has 43 heavy (non-hydrogen) atoms. The Morgan fingerprint density at radius 1 is 0.442 bits per heavy atom. The third-order valence-corrected chi connectivity index (χ3v) is 5.05. The summed E-state index contributed by atoms with van der Waals surface area (Å²) in [6.45, 7) is 22.2. The Morgan fingerprint density at radius 3 is 0.884 bits per heavy atom.